The van der Waals surface area contributed by atoms with Gasteiger partial charge in [0.05, 0.1) is 35.2 Å². The van der Waals surface area contributed by atoms with Crippen LogP contribution in [0.3, 0.4) is 0 Å². The number of hydrogen-bond acceptors (Lipinski definition) is 11. The average molecular weight is 707 g/mol. The van der Waals surface area contributed by atoms with Crippen molar-refractivity contribution in [1.82, 2.24) is 0 Å². The number of hydrazine groups is 1. The normalized spacial score (nSPS) is 11.2. The Kier molecular flexibility index (Phi) is 19.2. The van der Waals surface area contributed by atoms with Crippen molar-refractivity contribution in [3.05, 3.63) is 70.3 Å². The largest absolute Gasteiger partial charge is 0.489 e. The van der Waals surface area contributed by atoms with E-state index in [4.69, 9.17) is 9.47 Å². The Labute approximate surface area is 303 Å². The molecule has 0 saturated carbocycles. The van der Waals surface area contributed by atoms with Gasteiger partial charge in [0.1, 0.15) is 30.4 Å². The van der Waals surface area contributed by atoms with E-state index in [-0.39, 0.29) is 32.1 Å². The van der Waals surface area contributed by atoms with Crippen LogP contribution in [0, 0.1) is 17.0 Å². The highest BCUT2D eigenvalue weighted by atomic mass is 16.6. The number of rotatable bonds is 27. The average Bonchev–Trinajstić information content (AvgIpc) is 3.14. The van der Waals surface area contributed by atoms with Crippen LogP contribution in [0.1, 0.15) is 96.5 Å². The molecule has 280 valence electrons. The Morgan fingerprint density at radius 3 is 1.84 bits per heavy atom. The molecule has 4 N–H and O–H groups in total. The standard InChI is InChI=1S/C39H58N6O6/c1-4-6-8-10-12-14-22-44(23-15-13-11-9-7-5-2)34-20-21-35(31(3)28-34)41-43-37-30-38(50-26-24-46)36(29-39(37)51-27-25-47)42-40-32-16-18-33(19-17-32)45(48)49/h16-21,28-30,40,42,46-47H,4-15,22-27H2,1-3H3/b43-41+. The van der Waals surface area contributed by atoms with Crippen molar-refractivity contribution < 1.29 is 24.6 Å². The number of non-ortho nitro benzene ring substituents is 1. The van der Waals surface area contributed by atoms with E-state index in [0.29, 0.717) is 28.6 Å². The van der Waals surface area contributed by atoms with E-state index in [1.807, 2.05) is 13.0 Å². The molecule has 0 bridgehead atoms. The molecule has 3 rings (SSSR count). The van der Waals surface area contributed by atoms with Gasteiger partial charge in [-0.1, -0.05) is 78.1 Å². The van der Waals surface area contributed by atoms with Crippen LogP contribution in [0.15, 0.2) is 64.8 Å². The van der Waals surface area contributed by atoms with Crippen LogP contribution in [0.25, 0.3) is 0 Å². The summed E-state index contributed by atoms with van der Waals surface area (Å²) in [7, 11) is 0. The minimum absolute atomic E-state index is 0.0227. The molecule has 0 aromatic heterocycles. The summed E-state index contributed by atoms with van der Waals surface area (Å²) in [6.07, 6.45) is 15.2. The SMILES string of the molecule is CCCCCCCCN(CCCCCCCC)c1ccc(/N=N/c2cc(OCCO)c(NNc3ccc([N+](=O)[O-])cc3)cc2OCCO)c(C)c1. The zero-order chi connectivity index (χ0) is 36.7. The molecule has 3 aromatic rings. The van der Waals surface area contributed by atoms with Gasteiger partial charge in [0.15, 0.2) is 0 Å². The van der Waals surface area contributed by atoms with Crippen LogP contribution < -0.4 is 25.2 Å². The van der Waals surface area contributed by atoms with Gasteiger partial charge in [-0.3, -0.25) is 15.5 Å². The molecule has 0 radical (unpaired) electrons. The first-order valence-electron chi connectivity index (χ1n) is 18.6. The van der Waals surface area contributed by atoms with Crippen LogP contribution in [-0.2, 0) is 0 Å². The highest BCUT2D eigenvalue weighted by molar-refractivity contribution is 5.70. The van der Waals surface area contributed by atoms with Gasteiger partial charge in [-0.2, -0.15) is 5.11 Å². The number of ether oxygens (including phenoxy) is 2. The summed E-state index contributed by atoms with van der Waals surface area (Å²) in [6, 6.07) is 15.6. The van der Waals surface area contributed by atoms with E-state index in [1.165, 1.54) is 94.9 Å². The number of azo groups is 1. The lowest BCUT2D eigenvalue weighted by molar-refractivity contribution is -0.384. The first-order valence-corrected chi connectivity index (χ1v) is 18.6. The van der Waals surface area contributed by atoms with Gasteiger partial charge in [0.25, 0.3) is 5.69 Å². The Balaban J connectivity index is 1.80. The summed E-state index contributed by atoms with van der Waals surface area (Å²) in [6.45, 7) is 8.31. The quantitative estimate of drug-likeness (QED) is 0.0262. The molecule has 0 spiro atoms. The van der Waals surface area contributed by atoms with Crippen molar-refractivity contribution in [3.8, 4) is 11.5 Å². The van der Waals surface area contributed by atoms with Crippen molar-refractivity contribution >= 4 is 34.1 Å². The second kappa shape index (κ2) is 23.9. The van der Waals surface area contributed by atoms with Crippen molar-refractivity contribution in [2.24, 2.45) is 10.2 Å². The fourth-order valence-corrected chi connectivity index (χ4v) is 5.67. The summed E-state index contributed by atoms with van der Waals surface area (Å²) in [5.74, 6) is 0.728. The lowest BCUT2D eigenvalue weighted by Crippen LogP contribution is -2.25. The van der Waals surface area contributed by atoms with E-state index in [0.717, 1.165) is 24.3 Å². The zero-order valence-corrected chi connectivity index (χ0v) is 30.7. The van der Waals surface area contributed by atoms with Crippen molar-refractivity contribution in [2.45, 2.75) is 97.8 Å². The molecule has 3 aromatic carbocycles. The topological polar surface area (TPSA) is 154 Å². The van der Waals surface area contributed by atoms with Crippen molar-refractivity contribution in [1.29, 1.82) is 0 Å². The second-order valence-electron chi connectivity index (χ2n) is 12.7. The summed E-state index contributed by atoms with van der Waals surface area (Å²) < 4.78 is 11.6. The Bertz CT molecular complexity index is 1450. The van der Waals surface area contributed by atoms with Crippen LogP contribution >= 0.6 is 0 Å². The van der Waals surface area contributed by atoms with E-state index >= 15 is 0 Å². The predicted octanol–water partition coefficient (Wildman–Crippen LogP) is 10.0. The summed E-state index contributed by atoms with van der Waals surface area (Å²) >= 11 is 0. The smallest absolute Gasteiger partial charge is 0.269 e. The summed E-state index contributed by atoms with van der Waals surface area (Å²) in [4.78, 5) is 13.1. The lowest BCUT2D eigenvalue weighted by Gasteiger charge is -2.26. The summed E-state index contributed by atoms with van der Waals surface area (Å²) in [5.41, 5.74) is 10.4. The molecule has 0 unspecified atom stereocenters. The van der Waals surface area contributed by atoms with Crippen LogP contribution in [0.4, 0.5) is 34.1 Å². The fraction of sp³-hybridized carbons (Fsp3) is 0.538. The van der Waals surface area contributed by atoms with E-state index in [9.17, 15) is 20.3 Å². The number of nitrogens with one attached hydrogen (secondary N) is 2. The molecule has 51 heavy (non-hydrogen) atoms. The van der Waals surface area contributed by atoms with Gasteiger partial charge in [-0.15, -0.1) is 5.11 Å². The number of aryl methyl sites for hydroxylation is 1. The molecule has 0 heterocycles. The number of benzene rings is 3. The van der Waals surface area contributed by atoms with Crippen molar-refractivity contribution in [3.63, 3.8) is 0 Å². The maximum absolute atomic E-state index is 11.0. The van der Waals surface area contributed by atoms with Crippen LogP contribution in [0.5, 0.6) is 11.5 Å². The van der Waals surface area contributed by atoms with E-state index in [1.54, 1.807) is 24.3 Å². The monoisotopic (exact) mass is 706 g/mol. The fourth-order valence-electron chi connectivity index (χ4n) is 5.67. The van der Waals surface area contributed by atoms with E-state index < -0.39 is 4.92 Å². The van der Waals surface area contributed by atoms with Gasteiger partial charge < -0.3 is 30.0 Å². The number of aliphatic hydroxyl groups excluding tert-OH is 2. The number of anilines is 3. The number of unbranched alkanes of at least 4 members (excludes halogenated alkanes) is 10. The third-order valence-electron chi connectivity index (χ3n) is 8.55. The number of nitrogens with zero attached hydrogens (tertiary/aromatic N) is 4. The molecule has 12 nitrogen and oxygen atoms in total. The number of nitro groups is 1. The Morgan fingerprint density at radius 1 is 0.706 bits per heavy atom. The summed E-state index contributed by atoms with van der Waals surface area (Å²) in [5, 5.41) is 39.1. The minimum atomic E-state index is -0.463. The number of aliphatic hydroxyl groups is 2. The molecule has 0 atom stereocenters. The maximum atomic E-state index is 11.0. The molecular weight excluding hydrogens is 648 g/mol. The van der Waals surface area contributed by atoms with Crippen LogP contribution in [-0.4, -0.2) is 54.7 Å². The first-order chi connectivity index (χ1) is 24.9. The van der Waals surface area contributed by atoms with Gasteiger partial charge in [-0.05, 0) is 55.7 Å². The molecular formula is C39H58N6O6. The molecule has 0 amide bonds. The zero-order valence-electron chi connectivity index (χ0n) is 30.7. The minimum Gasteiger partial charge on any atom is -0.489 e. The highest BCUT2D eigenvalue weighted by Crippen LogP contribution is 2.40. The molecule has 0 aliphatic rings. The molecule has 0 saturated heterocycles. The van der Waals surface area contributed by atoms with Crippen LogP contribution in [0.2, 0.25) is 0 Å². The maximum Gasteiger partial charge on any atom is 0.269 e. The third kappa shape index (κ3) is 14.8. The molecule has 0 aliphatic heterocycles. The number of hydrogen-bond donors (Lipinski definition) is 4. The third-order valence-corrected chi connectivity index (χ3v) is 8.55. The van der Waals surface area contributed by atoms with Gasteiger partial charge in [0, 0.05) is 43.0 Å². The van der Waals surface area contributed by atoms with Gasteiger partial charge >= 0.3 is 0 Å². The lowest BCUT2D eigenvalue weighted by atomic mass is 10.1. The highest BCUT2D eigenvalue weighted by Gasteiger charge is 2.15. The predicted molar refractivity (Wildman–Crippen MR) is 206 cm³/mol. The molecule has 0 fully saturated rings. The van der Waals surface area contributed by atoms with E-state index in [2.05, 4.69) is 52.0 Å². The second-order valence-corrected chi connectivity index (χ2v) is 12.7. The molecule has 12 heteroatoms. The Hall–Kier alpha value is -4.42. The number of nitro benzene ring substituents is 1. The molecule has 0 aliphatic carbocycles. The first kappa shape index (κ1) is 41.0. The Morgan fingerprint density at radius 2 is 1.27 bits per heavy atom. The van der Waals surface area contributed by atoms with Gasteiger partial charge in [-0.25, -0.2) is 0 Å². The van der Waals surface area contributed by atoms with Gasteiger partial charge in [0.2, 0.25) is 0 Å². The van der Waals surface area contributed by atoms with Crippen molar-refractivity contribution in [2.75, 3.05) is 55.3 Å².